The van der Waals surface area contributed by atoms with Crippen LogP contribution in [0, 0.1) is 5.82 Å². The van der Waals surface area contributed by atoms with E-state index in [0.717, 1.165) is 36.3 Å². The Labute approximate surface area is 140 Å². The molecule has 1 amide bonds. The van der Waals surface area contributed by atoms with Crippen molar-refractivity contribution in [2.45, 2.75) is 37.6 Å². The molecule has 3 rings (SSSR count). The fraction of sp³-hybridized carbons (Fsp3) is 0.471. The summed E-state index contributed by atoms with van der Waals surface area (Å²) < 4.78 is 13.2. The topological polar surface area (TPSA) is 58.4 Å². The van der Waals surface area contributed by atoms with Gasteiger partial charge in [-0.2, -0.15) is 0 Å². The third kappa shape index (κ3) is 3.38. The molecule has 23 heavy (non-hydrogen) atoms. The van der Waals surface area contributed by atoms with Crippen LogP contribution in [0.2, 0.25) is 0 Å². The van der Waals surface area contributed by atoms with Crippen molar-refractivity contribution in [1.29, 1.82) is 0 Å². The third-order valence-corrected chi connectivity index (χ3v) is 5.50. The van der Waals surface area contributed by atoms with Crippen LogP contribution in [0.5, 0.6) is 0 Å². The van der Waals surface area contributed by atoms with Crippen molar-refractivity contribution in [3.05, 3.63) is 41.3 Å². The van der Waals surface area contributed by atoms with Crippen molar-refractivity contribution in [3.63, 3.8) is 0 Å². The van der Waals surface area contributed by atoms with Gasteiger partial charge in [0.05, 0.1) is 5.37 Å². The molecule has 1 unspecified atom stereocenters. The Morgan fingerprint density at radius 2 is 2.13 bits per heavy atom. The molecule has 0 aromatic heterocycles. The number of likely N-dealkylation sites (tertiary alicyclic amines) is 1. The smallest absolute Gasteiger partial charge is 0.271 e. The number of benzene rings is 1. The highest BCUT2D eigenvalue weighted by atomic mass is 32.2. The highest BCUT2D eigenvalue weighted by Crippen LogP contribution is 2.39. The van der Waals surface area contributed by atoms with Crippen molar-refractivity contribution in [2.24, 2.45) is 5.73 Å². The van der Waals surface area contributed by atoms with E-state index >= 15 is 0 Å². The van der Waals surface area contributed by atoms with Gasteiger partial charge in [-0.1, -0.05) is 23.9 Å². The molecular formula is C17H22FN3OS. The first-order chi connectivity index (χ1) is 11.1. The first kappa shape index (κ1) is 16.3. The van der Waals surface area contributed by atoms with Crippen LogP contribution in [0.25, 0.3) is 4.91 Å². The average Bonchev–Trinajstić information content (AvgIpc) is 2.96. The number of rotatable bonds is 3. The predicted octanol–water partition coefficient (Wildman–Crippen LogP) is 2.52. The molecule has 0 aliphatic carbocycles. The van der Waals surface area contributed by atoms with E-state index in [-0.39, 0.29) is 23.1 Å². The predicted molar refractivity (Wildman–Crippen MR) is 91.9 cm³/mol. The van der Waals surface area contributed by atoms with E-state index in [0.29, 0.717) is 12.2 Å². The van der Waals surface area contributed by atoms with Crippen LogP contribution >= 0.6 is 11.8 Å². The molecule has 1 fully saturated rings. The van der Waals surface area contributed by atoms with E-state index in [4.69, 9.17) is 5.73 Å². The van der Waals surface area contributed by atoms with Gasteiger partial charge in [-0.3, -0.25) is 4.79 Å². The van der Waals surface area contributed by atoms with Crippen LogP contribution in [0.15, 0.2) is 30.0 Å². The maximum absolute atomic E-state index is 13.2. The van der Waals surface area contributed by atoms with Crippen molar-refractivity contribution in [3.8, 4) is 0 Å². The molecule has 6 heteroatoms. The van der Waals surface area contributed by atoms with Crippen molar-refractivity contribution < 1.29 is 9.18 Å². The molecule has 0 saturated carbocycles. The molecule has 1 aromatic carbocycles. The highest BCUT2D eigenvalue weighted by molar-refractivity contribution is 8.09. The third-order valence-electron chi connectivity index (χ3n) is 4.35. The Kier molecular flexibility index (Phi) is 4.92. The van der Waals surface area contributed by atoms with Gasteiger partial charge in [-0.25, -0.2) is 4.39 Å². The van der Waals surface area contributed by atoms with Gasteiger partial charge in [-0.05, 0) is 43.9 Å². The zero-order valence-corrected chi connectivity index (χ0v) is 14.0. The lowest BCUT2D eigenvalue weighted by molar-refractivity contribution is -0.130. The van der Waals surface area contributed by atoms with E-state index in [9.17, 15) is 9.18 Å². The van der Waals surface area contributed by atoms with Gasteiger partial charge in [-0.15, -0.1) is 0 Å². The Bertz CT molecular complexity index is 617. The van der Waals surface area contributed by atoms with Crippen LogP contribution in [-0.4, -0.2) is 35.3 Å². The number of hydrogen-bond donors (Lipinski definition) is 2. The van der Waals surface area contributed by atoms with E-state index < -0.39 is 0 Å². The molecule has 4 nitrogen and oxygen atoms in total. The minimum absolute atomic E-state index is 0.0105. The fourth-order valence-corrected chi connectivity index (χ4v) is 4.23. The lowest BCUT2D eigenvalue weighted by Gasteiger charge is -2.35. The number of amides is 1. The number of nitrogens with two attached hydrogens (primary N) is 1. The molecule has 2 heterocycles. The minimum Gasteiger partial charge on any atom is -0.368 e. The summed E-state index contributed by atoms with van der Waals surface area (Å²) in [5, 5.41) is 3.40. The van der Waals surface area contributed by atoms with Gasteiger partial charge in [0.2, 0.25) is 0 Å². The average molecular weight is 335 g/mol. The summed E-state index contributed by atoms with van der Waals surface area (Å²) in [6, 6.07) is 6.42. The van der Waals surface area contributed by atoms with Crippen molar-refractivity contribution >= 4 is 22.6 Å². The molecule has 0 radical (unpaired) electrons. The zero-order chi connectivity index (χ0) is 16.4. The van der Waals surface area contributed by atoms with Crippen molar-refractivity contribution in [1.82, 2.24) is 10.2 Å². The highest BCUT2D eigenvalue weighted by Gasteiger charge is 2.33. The standard InChI is InChI=1S/C17H22FN3OS/c1-11-20-15(16(23-11)12-5-7-13(18)8-6-12)17(22)21-9-3-2-4-14(21)10-19/h5-8,11,14,20H,2-4,9-10,19H2,1H3/t11?,14-/m0/s1. The number of carbonyl (C=O) groups is 1. The summed E-state index contributed by atoms with van der Waals surface area (Å²) in [6.07, 6.45) is 3.10. The molecule has 3 N–H and O–H groups in total. The lowest BCUT2D eigenvalue weighted by Crippen LogP contribution is -2.49. The maximum Gasteiger partial charge on any atom is 0.271 e. The number of piperidine rings is 1. The summed E-state index contributed by atoms with van der Waals surface area (Å²) in [5.74, 6) is -0.262. The molecule has 2 atom stereocenters. The Hall–Kier alpha value is -1.53. The minimum atomic E-state index is -0.273. The van der Waals surface area contributed by atoms with Gasteiger partial charge < -0.3 is 16.0 Å². The maximum atomic E-state index is 13.2. The van der Waals surface area contributed by atoms with Crippen LogP contribution in [0.3, 0.4) is 0 Å². The second-order valence-electron chi connectivity index (χ2n) is 6.00. The number of nitrogens with one attached hydrogen (secondary N) is 1. The van der Waals surface area contributed by atoms with Crippen LogP contribution in [-0.2, 0) is 4.79 Å². The summed E-state index contributed by atoms with van der Waals surface area (Å²) in [4.78, 5) is 15.8. The Morgan fingerprint density at radius 3 is 2.83 bits per heavy atom. The first-order valence-corrected chi connectivity index (χ1v) is 8.92. The number of carbonyl (C=O) groups excluding carboxylic acids is 1. The quantitative estimate of drug-likeness (QED) is 0.891. The molecule has 1 saturated heterocycles. The summed E-state index contributed by atoms with van der Waals surface area (Å²) in [6.45, 7) is 3.26. The van der Waals surface area contributed by atoms with Gasteiger partial charge in [0, 0.05) is 24.0 Å². The molecule has 1 aromatic rings. The van der Waals surface area contributed by atoms with E-state index in [1.54, 1.807) is 23.9 Å². The molecule has 0 bridgehead atoms. The second-order valence-corrected chi connectivity index (χ2v) is 7.35. The molecule has 0 spiro atoms. The van der Waals surface area contributed by atoms with Gasteiger partial charge >= 0.3 is 0 Å². The van der Waals surface area contributed by atoms with Gasteiger partial charge in [0.1, 0.15) is 11.5 Å². The number of thioether (sulfide) groups is 1. The van der Waals surface area contributed by atoms with E-state index in [2.05, 4.69) is 5.32 Å². The second kappa shape index (κ2) is 6.93. The Morgan fingerprint density at radius 1 is 1.39 bits per heavy atom. The largest absolute Gasteiger partial charge is 0.368 e. The number of halogens is 1. The monoisotopic (exact) mass is 335 g/mol. The Balaban J connectivity index is 1.92. The fourth-order valence-electron chi connectivity index (χ4n) is 3.16. The normalized spacial score (nSPS) is 24.7. The number of nitrogens with zero attached hydrogens (tertiary/aromatic N) is 1. The summed E-state index contributed by atoms with van der Waals surface area (Å²) in [5.41, 5.74) is 7.34. The van der Waals surface area contributed by atoms with Crippen LogP contribution in [0.4, 0.5) is 4.39 Å². The molecular weight excluding hydrogens is 313 g/mol. The zero-order valence-electron chi connectivity index (χ0n) is 13.2. The van der Waals surface area contributed by atoms with Crippen LogP contribution < -0.4 is 11.1 Å². The summed E-state index contributed by atoms with van der Waals surface area (Å²) >= 11 is 1.60. The lowest BCUT2D eigenvalue weighted by atomic mass is 10.0. The number of hydrogen-bond acceptors (Lipinski definition) is 4. The molecule has 2 aliphatic rings. The van der Waals surface area contributed by atoms with Gasteiger partial charge in [0.15, 0.2) is 0 Å². The molecule has 2 aliphatic heterocycles. The summed E-state index contributed by atoms with van der Waals surface area (Å²) in [7, 11) is 0. The SMILES string of the molecule is CC1NC(C(=O)N2CCCC[C@H]2CN)=C(c2ccc(F)cc2)S1. The van der Waals surface area contributed by atoms with E-state index in [1.165, 1.54) is 12.1 Å². The molecule has 124 valence electrons. The first-order valence-electron chi connectivity index (χ1n) is 8.04. The van der Waals surface area contributed by atoms with E-state index in [1.807, 2.05) is 11.8 Å². The van der Waals surface area contributed by atoms with Crippen LogP contribution in [0.1, 0.15) is 31.7 Å². The van der Waals surface area contributed by atoms with Crippen molar-refractivity contribution in [2.75, 3.05) is 13.1 Å². The van der Waals surface area contributed by atoms with Gasteiger partial charge in [0.25, 0.3) is 5.91 Å².